The maximum absolute atomic E-state index is 2.47. The molecule has 2 heteroatoms. The number of nitrogens with zero attached hydrogens (tertiary/aromatic N) is 2. The second kappa shape index (κ2) is 8.82. The number of fused-ring (bicyclic) bond motifs is 9. The molecule has 0 N–H and O–H groups in total. The van der Waals surface area contributed by atoms with E-state index in [2.05, 4.69) is 167 Å². The van der Waals surface area contributed by atoms with Crippen molar-refractivity contribution in [3.63, 3.8) is 0 Å². The Morgan fingerprint density at radius 2 is 0.909 bits per heavy atom. The van der Waals surface area contributed by atoms with Gasteiger partial charge in [0.15, 0.2) is 0 Å². The molecule has 0 spiro atoms. The Bertz CT molecular complexity index is 2710. The van der Waals surface area contributed by atoms with E-state index in [0.717, 1.165) is 5.69 Å². The molecule has 0 aliphatic rings. The quantitative estimate of drug-likeness (QED) is 0.204. The van der Waals surface area contributed by atoms with Gasteiger partial charge in [0.2, 0.25) is 0 Å². The molecule has 0 unspecified atom stereocenters. The minimum atomic E-state index is 1.16. The van der Waals surface area contributed by atoms with Crippen LogP contribution in [0.2, 0.25) is 0 Å². The summed E-state index contributed by atoms with van der Waals surface area (Å²) >= 11 is 0. The Morgan fingerprint density at radius 1 is 0.341 bits per heavy atom. The molecule has 0 amide bonds. The Morgan fingerprint density at radius 3 is 1.77 bits per heavy atom. The highest BCUT2D eigenvalue weighted by Gasteiger charge is 2.22. The lowest BCUT2D eigenvalue weighted by atomic mass is 9.96. The molecule has 44 heavy (non-hydrogen) atoms. The molecular formula is C42H26N2. The van der Waals surface area contributed by atoms with Crippen LogP contribution in [0.5, 0.6) is 0 Å². The predicted molar refractivity (Wildman–Crippen MR) is 186 cm³/mol. The van der Waals surface area contributed by atoms with E-state index >= 15 is 0 Å². The Hall–Kier alpha value is -5.86. The third-order valence-corrected chi connectivity index (χ3v) is 9.44. The van der Waals surface area contributed by atoms with Gasteiger partial charge in [0.05, 0.1) is 27.6 Å². The summed E-state index contributed by atoms with van der Waals surface area (Å²) in [4.78, 5) is 0. The predicted octanol–water partition coefficient (Wildman–Crippen LogP) is 11.3. The highest BCUT2D eigenvalue weighted by atomic mass is 15.0. The zero-order chi connectivity index (χ0) is 28.8. The first kappa shape index (κ1) is 23.7. The molecule has 2 nitrogen and oxygen atoms in total. The van der Waals surface area contributed by atoms with Gasteiger partial charge in [-0.15, -0.1) is 0 Å². The fourth-order valence-corrected chi connectivity index (χ4v) is 7.66. The van der Waals surface area contributed by atoms with Gasteiger partial charge in [-0.25, -0.2) is 0 Å². The standard InChI is InChI=1S/C42H26N2/c1-2-12-27(13-3-1)28-14-8-15-29(26-28)43-37-23-6-4-16-30(37)33-19-9-21-35(41(33)43)32-18-11-25-39-40(32)36-22-10-20-34-31-17-5-7-24-38(31)44(39)42(34)36/h1-26H. The van der Waals surface area contributed by atoms with Crippen molar-refractivity contribution in [2.45, 2.75) is 0 Å². The number of para-hydroxylation sites is 4. The van der Waals surface area contributed by atoms with Crippen LogP contribution in [0.15, 0.2) is 158 Å². The molecule has 204 valence electrons. The van der Waals surface area contributed by atoms with Crippen LogP contribution in [0.4, 0.5) is 0 Å². The van der Waals surface area contributed by atoms with Gasteiger partial charge in [-0.1, -0.05) is 127 Å². The lowest BCUT2D eigenvalue weighted by Gasteiger charge is -2.14. The summed E-state index contributed by atoms with van der Waals surface area (Å²) in [6, 6.07) is 57.6. The smallest absolute Gasteiger partial charge is 0.0620 e. The van der Waals surface area contributed by atoms with E-state index in [-0.39, 0.29) is 0 Å². The monoisotopic (exact) mass is 558 g/mol. The van der Waals surface area contributed by atoms with Crippen molar-refractivity contribution in [1.82, 2.24) is 8.97 Å². The number of rotatable bonds is 3. The highest BCUT2D eigenvalue weighted by Crippen LogP contribution is 2.45. The zero-order valence-electron chi connectivity index (χ0n) is 23.9. The molecule has 3 aromatic heterocycles. The van der Waals surface area contributed by atoms with E-state index in [1.165, 1.54) is 82.2 Å². The Balaban J connectivity index is 1.34. The van der Waals surface area contributed by atoms with Gasteiger partial charge in [0, 0.05) is 43.6 Å². The van der Waals surface area contributed by atoms with E-state index in [1.807, 2.05) is 0 Å². The van der Waals surface area contributed by atoms with Crippen LogP contribution >= 0.6 is 0 Å². The van der Waals surface area contributed by atoms with Gasteiger partial charge < -0.3 is 8.97 Å². The van der Waals surface area contributed by atoms with Crippen molar-refractivity contribution >= 4 is 59.9 Å². The SMILES string of the molecule is c1ccc(-c2cccc(-n3c4ccccc4c4cccc(-c5cccc6c5c5cccc7c8ccccc8n6c75)c43)c2)cc1. The molecule has 0 atom stereocenters. The third kappa shape index (κ3) is 3.09. The van der Waals surface area contributed by atoms with Crippen molar-refractivity contribution in [2.75, 3.05) is 0 Å². The topological polar surface area (TPSA) is 9.34 Å². The number of hydrogen-bond donors (Lipinski definition) is 0. The summed E-state index contributed by atoms with van der Waals surface area (Å²) in [6.45, 7) is 0. The normalized spacial score (nSPS) is 12.1. The second-order valence-corrected chi connectivity index (χ2v) is 11.7. The van der Waals surface area contributed by atoms with Gasteiger partial charge >= 0.3 is 0 Å². The molecule has 0 radical (unpaired) electrons. The minimum absolute atomic E-state index is 1.16. The van der Waals surface area contributed by atoms with Crippen LogP contribution in [0.3, 0.4) is 0 Å². The highest BCUT2D eigenvalue weighted by molar-refractivity contribution is 6.27. The summed E-state index contributed by atoms with van der Waals surface area (Å²) in [5.41, 5.74) is 12.4. The lowest BCUT2D eigenvalue weighted by molar-refractivity contribution is 1.18. The summed E-state index contributed by atoms with van der Waals surface area (Å²) in [5.74, 6) is 0. The van der Waals surface area contributed by atoms with Crippen molar-refractivity contribution in [1.29, 1.82) is 0 Å². The van der Waals surface area contributed by atoms with Crippen molar-refractivity contribution < 1.29 is 0 Å². The molecule has 0 fully saturated rings. The van der Waals surface area contributed by atoms with Crippen molar-refractivity contribution in [3.05, 3.63) is 158 Å². The van der Waals surface area contributed by atoms with Crippen molar-refractivity contribution in [2.24, 2.45) is 0 Å². The van der Waals surface area contributed by atoms with Gasteiger partial charge in [0.25, 0.3) is 0 Å². The van der Waals surface area contributed by atoms with Crippen LogP contribution in [-0.2, 0) is 0 Å². The van der Waals surface area contributed by atoms with E-state index in [4.69, 9.17) is 0 Å². The van der Waals surface area contributed by atoms with Crippen LogP contribution in [-0.4, -0.2) is 8.97 Å². The maximum atomic E-state index is 2.47. The lowest BCUT2D eigenvalue weighted by Crippen LogP contribution is -1.96. The van der Waals surface area contributed by atoms with E-state index in [9.17, 15) is 0 Å². The Labute approximate surface area is 254 Å². The Kier molecular flexibility index (Phi) is 4.75. The van der Waals surface area contributed by atoms with Crippen LogP contribution in [0, 0.1) is 0 Å². The molecule has 0 aliphatic carbocycles. The van der Waals surface area contributed by atoms with Gasteiger partial charge in [-0.3, -0.25) is 0 Å². The molecule has 10 rings (SSSR count). The molecule has 0 saturated heterocycles. The maximum Gasteiger partial charge on any atom is 0.0620 e. The molecule has 10 aromatic rings. The summed E-state index contributed by atoms with van der Waals surface area (Å²) in [7, 11) is 0. The zero-order valence-corrected chi connectivity index (χ0v) is 23.9. The summed E-state index contributed by atoms with van der Waals surface area (Å²) in [5, 5.41) is 7.76. The number of benzene rings is 7. The fraction of sp³-hybridized carbons (Fsp3) is 0. The second-order valence-electron chi connectivity index (χ2n) is 11.7. The fourth-order valence-electron chi connectivity index (χ4n) is 7.66. The minimum Gasteiger partial charge on any atom is -0.309 e. The average Bonchev–Trinajstić information content (AvgIpc) is 3.74. The van der Waals surface area contributed by atoms with E-state index in [1.54, 1.807) is 0 Å². The van der Waals surface area contributed by atoms with Crippen molar-refractivity contribution in [3.8, 4) is 27.9 Å². The summed E-state index contributed by atoms with van der Waals surface area (Å²) < 4.78 is 4.94. The first-order valence-electron chi connectivity index (χ1n) is 15.2. The molecule has 3 heterocycles. The molecule has 0 aliphatic heterocycles. The van der Waals surface area contributed by atoms with Crippen LogP contribution < -0.4 is 0 Å². The van der Waals surface area contributed by atoms with Gasteiger partial charge in [-0.2, -0.15) is 0 Å². The molecule has 7 aromatic carbocycles. The van der Waals surface area contributed by atoms with E-state index in [0.29, 0.717) is 0 Å². The van der Waals surface area contributed by atoms with Crippen LogP contribution in [0.1, 0.15) is 0 Å². The first-order chi connectivity index (χ1) is 21.9. The molecule has 0 bridgehead atoms. The molecular weight excluding hydrogens is 532 g/mol. The number of hydrogen-bond acceptors (Lipinski definition) is 0. The van der Waals surface area contributed by atoms with Crippen LogP contribution in [0.25, 0.3) is 87.8 Å². The largest absolute Gasteiger partial charge is 0.309 e. The average molecular weight is 559 g/mol. The van der Waals surface area contributed by atoms with Gasteiger partial charge in [-0.05, 0) is 47.0 Å². The number of aromatic nitrogens is 2. The molecule has 0 saturated carbocycles. The third-order valence-electron chi connectivity index (χ3n) is 9.44. The van der Waals surface area contributed by atoms with Gasteiger partial charge in [0.1, 0.15) is 0 Å². The van der Waals surface area contributed by atoms with E-state index < -0.39 is 0 Å². The summed E-state index contributed by atoms with van der Waals surface area (Å²) in [6.07, 6.45) is 0. The first-order valence-corrected chi connectivity index (χ1v) is 15.2.